The van der Waals surface area contributed by atoms with E-state index in [1.807, 2.05) is 0 Å². The summed E-state index contributed by atoms with van der Waals surface area (Å²) in [6, 6.07) is 9.55. The molecule has 5 rings (SSSR count). The lowest BCUT2D eigenvalue weighted by atomic mass is 9.85. The molecule has 4 N–H and O–H groups in total. The van der Waals surface area contributed by atoms with Crippen molar-refractivity contribution in [2.75, 3.05) is 41.1 Å². The standard InChI is InChI=1S/C27H34O11/c1-32-17-6-4-13(8-19(17)33-2)25-15-11-36-26(16(15)12-35-25)14-5-7-18(20(9-14)34-3)37-27-24(31)23(30)22(29)21(10-28)38-27/h4-9,15-16,21-31H,10-12H2,1-3H3/i10D2,25D,26D. The Hall–Kier alpha value is -2.64. The minimum atomic E-state index is -3.04. The minimum absolute atomic E-state index is 0.00660. The third-order valence-corrected chi connectivity index (χ3v) is 7.05. The van der Waals surface area contributed by atoms with E-state index in [4.69, 9.17) is 35.9 Å². The van der Waals surface area contributed by atoms with Gasteiger partial charge in [0.2, 0.25) is 6.29 Å². The Kier molecular flexibility index (Phi) is 6.56. The highest BCUT2D eigenvalue weighted by atomic mass is 16.7. The summed E-state index contributed by atoms with van der Waals surface area (Å²) in [5.74, 6) is 0.0231. The first-order chi connectivity index (χ1) is 19.8. The van der Waals surface area contributed by atoms with Crippen LogP contribution in [0, 0.1) is 11.8 Å². The zero-order chi connectivity index (χ0) is 30.6. The SMILES string of the molecule is [2H]C([2H])(O)C1OC(Oc2ccc(C3([2H])OCC4C3COC4([2H])c3ccc(OC)c(OC)c3)cc2OC)C(O)C(O)C1O. The quantitative estimate of drug-likeness (QED) is 0.381. The van der Waals surface area contributed by atoms with Crippen molar-refractivity contribution in [1.82, 2.24) is 0 Å². The highest BCUT2D eigenvalue weighted by Crippen LogP contribution is 2.51. The predicted molar refractivity (Wildman–Crippen MR) is 131 cm³/mol. The summed E-state index contributed by atoms with van der Waals surface area (Å²) in [5, 5.41) is 40.4. The van der Waals surface area contributed by atoms with Gasteiger partial charge in [0.05, 0.1) is 58.7 Å². The largest absolute Gasteiger partial charge is 0.493 e. The Morgan fingerprint density at radius 2 is 1.32 bits per heavy atom. The van der Waals surface area contributed by atoms with E-state index < -0.39 is 61.3 Å². The molecule has 3 fully saturated rings. The maximum Gasteiger partial charge on any atom is 0.229 e. The van der Waals surface area contributed by atoms with E-state index in [0.29, 0.717) is 22.6 Å². The van der Waals surface area contributed by atoms with Gasteiger partial charge in [0.25, 0.3) is 0 Å². The van der Waals surface area contributed by atoms with Crippen LogP contribution in [-0.4, -0.2) is 92.2 Å². The molecule has 3 saturated heterocycles. The average molecular weight is 539 g/mol. The van der Waals surface area contributed by atoms with Crippen LogP contribution in [0.1, 0.15) is 28.8 Å². The molecule has 2 aromatic carbocycles. The fraction of sp³-hybridized carbons (Fsp3) is 0.556. The second-order valence-electron chi connectivity index (χ2n) is 9.14. The Morgan fingerprint density at radius 3 is 1.84 bits per heavy atom. The summed E-state index contributed by atoms with van der Waals surface area (Å²) in [5.41, 5.74) is 0.912. The van der Waals surface area contributed by atoms with Gasteiger partial charge in [0.1, 0.15) is 24.4 Å². The molecule has 2 aromatic rings. The van der Waals surface area contributed by atoms with Gasteiger partial charge >= 0.3 is 0 Å². The van der Waals surface area contributed by atoms with E-state index in [1.54, 1.807) is 18.2 Å². The summed E-state index contributed by atoms with van der Waals surface area (Å²) < 4.78 is 72.6. The van der Waals surface area contributed by atoms with Crippen molar-refractivity contribution in [1.29, 1.82) is 0 Å². The zero-order valence-corrected chi connectivity index (χ0v) is 21.1. The van der Waals surface area contributed by atoms with Crippen LogP contribution in [0.25, 0.3) is 0 Å². The fourth-order valence-corrected chi connectivity index (χ4v) is 5.00. The van der Waals surface area contributed by atoms with Crippen molar-refractivity contribution in [3.63, 3.8) is 0 Å². The molecule has 11 nitrogen and oxygen atoms in total. The Balaban J connectivity index is 1.39. The first kappa shape index (κ1) is 22.2. The number of fused-ring (bicyclic) bond motifs is 1. The number of hydrogen-bond acceptors (Lipinski definition) is 11. The molecule has 9 atom stereocenters. The van der Waals surface area contributed by atoms with Gasteiger partial charge in [-0.3, -0.25) is 0 Å². The number of methoxy groups -OCH3 is 3. The van der Waals surface area contributed by atoms with Crippen LogP contribution in [0.4, 0.5) is 0 Å². The van der Waals surface area contributed by atoms with Crippen LogP contribution < -0.4 is 18.9 Å². The average Bonchev–Trinajstić information content (AvgIpc) is 3.50. The molecule has 0 spiro atoms. The van der Waals surface area contributed by atoms with E-state index in [0.717, 1.165) is 0 Å². The molecule has 0 radical (unpaired) electrons. The molecule has 3 aliphatic rings. The molecule has 3 aliphatic heterocycles. The summed E-state index contributed by atoms with van der Waals surface area (Å²) >= 11 is 0. The topological polar surface area (TPSA) is 146 Å². The van der Waals surface area contributed by atoms with Gasteiger partial charge in [-0.1, -0.05) is 12.1 Å². The number of benzene rings is 2. The van der Waals surface area contributed by atoms with Crippen molar-refractivity contribution in [3.05, 3.63) is 47.5 Å². The molecule has 9 unspecified atom stereocenters. The molecular formula is C27H34O11. The molecule has 0 amide bonds. The molecule has 0 aliphatic carbocycles. The van der Waals surface area contributed by atoms with E-state index in [9.17, 15) is 23.2 Å². The second kappa shape index (κ2) is 11.2. The Morgan fingerprint density at radius 1 is 0.789 bits per heavy atom. The molecule has 0 aromatic heterocycles. The summed E-state index contributed by atoms with van der Waals surface area (Å²) in [4.78, 5) is 0. The lowest BCUT2D eigenvalue weighted by molar-refractivity contribution is -0.277. The molecule has 208 valence electrons. The number of aliphatic hydroxyl groups excluding tert-OH is 3. The van der Waals surface area contributed by atoms with E-state index in [-0.39, 0.29) is 24.7 Å². The molecule has 38 heavy (non-hydrogen) atoms. The Bertz CT molecular complexity index is 1300. The first-order valence-electron chi connectivity index (χ1n) is 14.1. The van der Waals surface area contributed by atoms with Crippen LogP contribution >= 0.6 is 0 Å². The van der Waals surface area contributed by atoms with E-state index in [1.165, 1.54) is 39.5 Å². The number of hydrogen-bond donors (Lipinski definition) is 4. The van der Waals surface area contributed by atoms with Crippen LogP contribution in [-0.2, 0) is 14.2 Å². The maximum absolute atomic E-state index is 10.4. The van der Waals surface area contributed by atoms with Crippen LogP contribution in [0.3, 0.4) is 0 Å². The van der Waals surface area contributed by atoms with E-state index in [2.05, 4.69) is 0 Å². The summed E-state index contributed by atoms with van der Waals surface area (Å²) in [7, 11) is 4.36. The molecular weight excluding hydrogens is 500 g/mol. The van der Waals surface area contributed by atoms with Gasteiger partial charge < -0.3 is 53.6 Å². The number of ether oxygens (including phenoxy) is 7. The highest BCUT2D eigenvalue weighted by Gasteiger charge is 2.49. The van der Waals surface area contributed by atoms with Gasteiger partial charge in [-0.05, 0) is 35.4 Å². The van der Waals surface area contributed by atoms with Gasteiger partial charge in [-0.2, -0.15) is 0 Å². The van der Waals surface area contributed by atoms with Gasteiger partial charge in [0, 0.05) is 11.8 Å². The third kappa shape index (κ3) is 4.79. The minimum Gasteiger partial charge on any atom is -0.493 e. The molecule has 0 saturated carbocycles. The Labute approximate surface area is 226 Å². The van der Waals surface area contributed by atoms with Crippen molar-refractivity contribution in [2.24, 2.45) is 11.8 Å². The molecule has 3 heterocycles. The van der Waals surface area contributed by atoms with Gasteiger partial charge in [0.15, 0.2) is 23.0 Å². The smallest absolute Gasteiger partial charge is 0.229 e. The third-order valence-electron chi connectivity index (χ3n) is 7.05. The van der Waals surface area contributed by atoms with Gasteiger partial charge in [-0.25, -0.2) is 0 Å². The number of rotatable bonds is 8. The van der Waals surface area contributed by atoms with Gasteiger partial charge in [-0.15, -0.1) is 0 Å². The zero-order valence-electron chi connectivity index (χ0n) is 25.1. The normalized spacial score (nSPS) is 40.3. The summed E-state index contributed by atoms with van der Waals surface area (Å²) in [6.07, 6.45) is -12.3. The molecule has 11 heteroatoms. The highest BCUT2D eigenvalue weighted by molar-refractivity contribution is 5.45. The second-order valence-corrected chi connectivity index (χ2v) is 9.14. The fourth-order valence-electron chi connectivity index (χ4n) is 5.00. The van der Waals surface area contributed by atoms with Crippen LogP contribution in [0.2, 0.25) is 0 Å². The first-order valence-corrected chi connectivity index (χ1v) is 12.1. The van der Waals surface area contributed by atoms with Crippen molar-refractivity contribution < 1.29 is 59.1 Å². The lowest BCUT2D eigenvalue weighted by Gasteiger charge is -2.39. The van der Waals surface area contributed by atoms with Crippen LogP contribution in [0.5, 0.6) is 23.0 Å². The monoisotopic (exact) mass is 538 g/mol. The summed E-state index contributed by atoms with van der Waals surface area (Å²) in [6.45, 7) is -2.91. The number of aliphatic hydroxyl groups is 4. The lowest BCUT2D eigenvalue weighted by Crippen LogP contribution is -2.60. The van der Waals surface area contributed by atoms with Crippen LogP contribution in [0.15, 0.2) is 36.4 Å². The van der Waals surface area contributed by atoms with E-state index >= 15 is 0 Å². The predicted octanol–water partition coefficient (Wildman–Crippen LogP) is 0.966. The molecule has 0 bridgehead atoms. The van der Waals surface area contributed by atoms with Crippen molar-refractivity contribution in [3.8, 4) is 23.0 Å². The van der Waals surface area contributed by atoms with Crippen molar-refractivity contribution in [2.45, 2.75) is 42.9 Å². The maximum atomic E-state index is 10.4. The van der Waals surface area contributed by atoms with Crippen molar-refractivity contribution >= 4 is 0 Å².